The van der Waals surface area contributed by atoms with Crippen LogP contribution in [0.4, 0.5) is 5.69 Å². The van der Waals surface area contributed by atoms with Crippen molar-refractivity contribution in [2.24, 2.45) is 0 Å². The van der Waals surface area contributed by atoms with Crippen LogP contribution in [0.5, 0.6) is 0 Å². The fraction of sp³-hybridized carbons (Fsp3) is 0.263. The molecule has 2 aliphatic heterocycles. The average Bonchev–Trinajstić information content (AvgIpc) is 3.26. The quantitative estimate of drug-likeness (QED) is 0.743. The van der Waals surface area contributed by atoms with Gasteiger partial charge in [-0.05, 0) is 12.1 Å². The highest BCUT2D eigenvalue weighted by molar-refractivity contribution is 7.14. The number of para-hydroxylation sites is 1. The molecule has 7 nitrogen and oxygen atoms in total. The smallest absolute Gasteiger partial charge is 0.265 e. The normalized spacial score (nSPS) is 18.1. The van der Waals surface area contributed by atoms with Gasteiger partial charge >= 0.3 is 0 Å². The Kier molecular flexibility index (Phi) is 4.59. The maximum Gasteiger partial charge on any atom is 0.265 e. The van der Waals surface area contributed by atoms with Crippen LogP contribution < -0.4 is 4.90 Å². The van der Waals surface area contributed by atoms with Crippen molar-refractivity contribution in [3.8, 4) is 0 Å². The molecule has 0 aliphatic carbocycles. The third-order valence-corrected chi connectivity index (χ3v) is 5.40. The molecule has 8 heteroatoms. The molecule has 1 fully saturated rings. The predicted molar refractivity (Wildman–Crippen MR) is 101 cm³/mol. The van der Waals surface area contributed by atoms with E-state index in [4.69, 9.17) is 4.74 Å². The lowest BCUT2D eigenvalue weighted by Crippen LogP contribution is -2.40. The van der Waals surface area contributed by atoms with Gasteiger partial charge in [-0.3, -0.25) is 19.3 Å². The maximum absolute atomic E-state index is 12.7. The topological polar surface area (TPSA) is 79.8 Å². The summed E-state index contributed by atoms with van der Waals surface area (Å²) in [5.74, 6) is -0.567. The molecule has 27 heavy (non-hydrogen) atoms. The fourth-order valence-corrected chi connectivity index (χ4v) is 4.01. The Hall–Kier alpha value is -2.84. The Morgan fingerprint density at radius 1 is 1.22 bits per heavy atom. The van der Waals surface area contributed by atoms with E-state index >= 15 is 0 Å². The Balaban J connectivity index is 1.64. The SMILES string of the molecule is CC(=O)N1/C(=C/c2ncc(C(=O)N3CCOCC3)s2)C(=O)c2ccccc21. The molecule has 2 aromatic rings. The van der Waals surface area contributed by atoms with Crippen LogP contribution in [0.1, 0.15) is 32.0 Å². The van der Waals surface area contributed by atoms with Crippen molar-refractivity contribution >= 4 is 40.7 Å². The van der Waals surface area contributed by atoms with Crippen LogP contribution in [0.25, 0.3) is 6.08 Å². The Morgan fingerprint density at radius 3 is 2.70 bits per heavy atom. The Bertz CT molecular complexity index is 959. The number of nitrogens with zero attached hydrogens (tertiary/aromatic N) is 3. The number of carbonyl (C=O) groups is 3. The summed E-state index contributed by atoms with van der Waals surface area (Å²) in [5, 5.41) is 0.508. The molecule has 0 unspecified atom stereocenters. The zero-order valence-corrected chi connectivity index (χ0v) is 15.5. The van der Waals surface area contributed by atoms with Crippen LogP contribution in [0, 0.1) is 0 Å². The number of morpholine rings is 1. The second-order valence-corrected chi connectivity index (χ2v) is 7.26. The van der Waals surface area contributed by atoms with Crippen molar-refractivity contribution in [2.75, 3.05) is 31.2 Å². The number of hydrogen-bond acceptors (Lipinski definition) is 6. The summed E-state index contributed by atoms with van der Waals surface area (Å²) < 4.78 is 5.27. The molecule has 0 bridgehead atoms. The van der Waals surface area contributed by atoms with Gasteiger partial charge in [0.15, 0.2) is 0 Å². The van der Waals surface area contributed by atoms with Gasteiger partial charge in [-0.25, -0.2) is 4.98 Å². The molecule has 0 atom stereocenters. The number of hydrogen-bond donors (Lipinski definition) is 0. The first-order valence-corrected chi connectivity index (χ1v) is 9.37. The number of amides is 2. The number of Topliss-reactive ketones (excluding diaryl/α,β-unsaturated/α-hetero) is 1. The number of aromatic nitrogens is 1. The van der Waals surface area contributed by atoms with Gasteiger partial charge in [-0.15, -0.1) is 11.3 Å². The van der Waals surface area contributed by atoms with Gasteiger partial charge in [0.05, 0.1) is 30.8 Å². The van der Waals surface area contributed by atoms with Crippen LogP contribution >= 0.6 is 11.3 Å². The van der Waals surface area contributed by atoms with E-state index < -0.39 is 0 Å². The molecule has 4 rings (SSSR count). The van der Waals surface area contributed by atoms with Crippen molar-refractivity contribution in [3.63, 3.8) is 0 Å². The third-order valence-electron chi connectivity index (χ3n) is 4.47. The second kappa shape index (κ2) is 7.05. The molecule has 1 aromatic heterocycles. The molecule has 0 spiro atoms. The van der Waals surface area contributed by atoms with E-state index in [1.54, 1.807) is 35.2 Å². The van der Waals surface area contributed by atoms with Crippen LogP contribution in [0.3, 0.4) is 0 Å². The van der Waals surface area contributed by atoms with Crippen LogP contribution in [0.15, 0.2) is 36.2 Å². The van der Waals surface area contributed by atoms with Gasteiger partial charge in [-0.2, -0.15) is 0 Å². The number of carbonyl (C=O) groups excluding carboxylic acids is 3. The first-order chi connectivity index (χ1) is 13.1. The first-order valence-electron chi connectivity index (χ1n) is 8.55. The minimum Gasteiger partial charge on any atom is -0.378 e. The summed E-state index contributed by atoms with van der Waals surface area (Å²) in [6.07, 6.45) is 3.09. The number of rotatable bonds is 2. The second-order valence-electron chi connectivity index (χ2n) is 6.20. The third kappa shape index (κ3) is 3.17. The summed E-state index contributed by atoms with van der Waals surface area (Å²) >= 11 is 1.21. The van der Waals surface area contributed by atoms with Crippen molar-refractivity contribution in [3.05, 3.63) is 51.6 Å². The molecule has 0 radical (unpaired) electrons. The standard InChI is InChI=1S/C19H17N3O4S/c1-12(23)22-14-5-3-2-4-13(14)18(24)15(22)10-17-20-11-16(27-17)19(25)21-6-8-26-9-7-21/h2-5,10-11H,6-9H2,1H3/b15-10+. The lowest BCUT2D eigenvalue weighted by Gasteiger charge is -2.26. The van der Waals surface area contributed by atoms with E-state index in [9.17, 15) is 14.4 Å². The highest BCUT2D eigenvalue weighted by Gasteiger charge is 2.34. The van der Waals surface area contributed by atoms with E-state index in [1.807, 2.05) is 0 Å². The van der Waals surface area contributed by atoms with Gasteiger partial charge in [0.25, 0.3) is 5.91 Å². The number of thiazole rings is 1. The van der Waals surface area contributed by atoms with Gasteiger partial charge in [0, 0.05) is 31.7 Å². The minimum absolute atomic E-state index is 0.0927. The largest absolute Gasteiger partial charge is 0.378 e. The van der Waals surface area contributed by atoms with E-state index in [-0.39, 0.29) is 23.3 Å². The summed E-state index contributed by atoms with van der Waals surface area (Å²) in [7, 11) is 0. The van der Waals surface area contributed by atoms with E-state index in [1.165, 1.54) is 29.4 Å². The highest BCUT2D eigenvalue weighted by Crippen LogP contribution is 2.35. The Morgan fingerprint density at radius 2 is 1.96 bits per heavy atom. The summed E-state index contributed by atoms with van der Waals surface area (Å²) in [6, 6.07) is 6.99. The number of ketones is 1. The van der Waals surface area contributed by atoms with Crippen molar-refractivity contribution in [2.45, 2.75) is 6.92 Å². The monoisotopic (exact) mass is 383 g/mol. The lowest BCUT2D eigenvalue weighted by atomic mass is 10.1. The molecule has 138 valence electrons. The van der Waals surface area contributed by atoms with E-state index in [0.29, 0.717) is 47.4 Å². The van der Waals surface area contributed by atoms with Crippen LogP contribution in [-0.4, -0.2) is 53.8 Å². The predicted octanol–water partition coefficient (Wildman–Crippen LogP) is 2.21. The Labute approximate surface area is 159 Å². The molecule has 1 saturated heterocycles. The van der Waals surface area contributed by atoms with E-state index in [0.717, 1.165) is 0 Å². The zero-order valence-electron chi connectivity index (χ0n) is 14.7. The summed E-state index contributed by atoms with van der Waals surface area (Å²) in [4.78, 5) is 45.3. The number of anilines is 1. The van der Waals surface area contributed by atoms with Crippen LogP contribution in [0.2, 0.25) is 0 Å². The molecule has 0 N–H and O–H groups in total. The van der Waals surface area contributed by atoms with Gasteiger partial charge in [0.2, 0.25) is 11.7 Å². The number of ether oxygens (including phenoxy) is 1. The molecular weight excluding hydrogens is 366 g/mol. The average molecular weight is 383 g/mol. The number of benzene rings is 1. The molecule has 1 aromatic carbocycles. The van der Waals surface area contributed by atoms with Gasteiger partial charge < -0.3 is 9.64 Å². The molecule has 2 amide bonds. The van der Waals surface area contributed by atoms with Crippen molar-refractivity contribution in [1.29, 1.82) is 0 Å². The summed E-state index contributed by atoms with van der Waals surface area (Å²) in [5.41, 5.74) is 1.31. The maximum atomic E-state index is 12.7. The summed E-state index contributed by atoms with van der Waals surface area (Å²) in [6.45, 7) is 3.58. The number of allylic oxidation sites excluding steroid dienone is 1. The zero-order chi connectivity index (χ0) is 19.0. The molecule has 2 aliphatic rings. The molecule has 3 heterocycles. The lowest BCUT2D eigenvalue weighted by molar-refractivity contribution is -0.116. The van der Waals surface area contributed by atoms with Gasteiger partial charge in [-0.1, -0.05) is 12.1 Å². The van der Waals surface area contributed by atoms with Crippen molar-refractivity contribution in [1.82, 2.24) is 9.88 Å². The van der Waals surface area contributed by atoms with Crippen molar-refractivity contribution < 1.29 is 19.1 Å². The minimum atomic E-state index is -0.249. The van der Waals surface area contributed by atoms with Crippen LogP contribution in [-0.2, 0) is 9.53 Å². The molecule has 0 saturated carbocycles. The van der Waals surface area contributed by atoms with Gasteiger partial charge in [0.1, 0.15) is 9.88 Å². The highest BCUT2D eigenvalue weighted by atomic mass is 32.1. The fourth-order valence-electron chi connectivity index (χ4n) is 3.19. The molecular formula is C19H17N3O4S. The number of fused-ring (bicyclic) bond motifs is 1. The first kappa shape index (κ1) is 17.6. The van der Waals surface area contributed by atoms with E-state index in [2.05, 4.69) is 4.98 Å².